The summed E-state index contributed by atoms with van der Waals surface area (Å²) in [4.78, 5) is 0. The van der Waals surface area contributed by atoms with E-state index in [2.05, 4.69) is 0 Å². The summed E-state index contributed by atoms with van der Waals surface area (Å²) < 4.78 is 0. The van der Waals surface area contributed by atoms with Crippen LogP contribution in [0.25, 0.3) is 5.03 Å². The molecule has 0 spiro atoms. The maximum atomic E-state index is 8.45. The third-order valence-electron chi connectivity index (χ3n) is 1.84. The molecule has 0 amide bonds. The molecule has 1 nitrogen and oxygen atoms in total. The number of benzene rings is 1. The predicted molar refractivity (Wildman–Crippen MR) is 55.4 cm³/mol. The third-order valence-corrected chi connectivity index (χ3v) is 2.15. The lowest BCUT2D eigenvalue weighted by molar-refractivity contribution is 1.37. The maximum absolute atomic E-state index is 8.45. The normalized spacial score (nSPS) is 11.1. The van der Waals surface area contributed by atoms with Gasteiger partial charge in [-0.25, -0.2) is 0 Å². The molecule has 0 aliphatic heterocycles. The molecule has 0 heterocycles. The van der Waals surface area contributed by atoms with Crippen LogP contribution in [0.3, 0.4) is 0 Å². The van der Waals surface area contributed by atoms with E-state index in [1.54, 1.807) is 0 Å². The number of hydrogen-bond donors (Lipinski definition) is 0. The van der Waals surface area contributed by atoms with Gasteiger partial charge in [-0.2, -0.15) is 5.26 Å². The van der Waals surface area contributed by atoms with E-state index < -0.39 is 0 Å². The number of aryl methyl sites for hydroxylation is 2. The molecule has 13 heavy (non-hydrogen) atoms. The van der Waals surface area contributed by atoms with E-state index in [0.717, 1.165) is 16.7 Å². The molecule has 0 saturated heterocycles. The Bertz CT molecular complexity index is 386. The zero-order valence-corrected chi connectivity index (χ0v) is 8.39. The molecular formula is C11H10ClN. The summed E-state index contributed by atoms with van der Waals surface area (Å²) in [6.07, 6.45) is 1.35. The maximum Gasteiger partial charge on any atom is 0.0927 e. The summed E-state index contributed by atoms with van der Waals surface area (Å²) in [6.45, 7) is 3.97. The highest BCUT2D eigenvalue weighted by Crippen LogP contribution is 2.23. The molecule has 2 heteroatoms. The minimum Gasteiger partial charge on any atom is -0.193 e. The zero-order chi connectivity index (χ0) is 9.84. The standard InChI is InChI=1S/C11H10ClN/c1-8-3-4-9(2)10(7-8)11(12)5-6-13/h3-5,7H,1-2H3/b11-5-. The van der Waals surface area contributed by atoms with Crippen LogP contribution in [0, 0.1) is 25.2 Å². The number of nitrogens with zero attached hydrogens (tertiary/aromatic N) is 1. The number of rotatable bonds is 1. The van der Waals surface area contributed by atoms with Crippen LogP contribution >= 0.6 is 11.6 Å². The molecule has 0 aliphatic rings. The first-order valence-electron chi connectivity index (χ1n) is 3.98. The lowest BCUT2D eigenvalue weighted by Crippen LogP contribution is -1.85. The fraction of sp³-hybridized carbons (Fsp3) is 0.182. The highest BCUT2D eigenvalue weighted by Gasteiger charge is 2.01. The smallest absolute Gasteiger partial charge is 0.0927 e. The molecule has 0 aliphatic carbocycles. The average Bonchev–Trinajstić information content (AvgIpc) is 2.09. The number of allylic oxidation sites excluding steroid dienone is 1. The van der Waals surface area contributed by atoms with Crippen LogP contribution < -0.4 is 0 Å². The minimum absolute atomic E-state index is 0.503. The van der Waals surface area contributed by atoms with Gasteiger partial charge in [0.05, 0.1) is 11.1 Å². The van der Waals surface area contributed by atoms with Gasteiger partial charge in [0.2, 0.25) is 0 Å². The van der Waals surface area contributed by atoms with Gasteiger partial charge in [-0.3, -0.25) is 0 Å². The Balaban J connectivity index is 3.22. The van der Waals surface area contributed by atoms with Crippen LogP contribution in [0.2, 0.25) is 0 Å². The molecule has 0 bridgehead atoms. The Labute approximate surface area is 83.3 Å². The van der Waals surface area contributed by atoms with E-state index in [9.17, 15) is 0 Å². The molecule has 1 aromatic carbocycles. The van der Waals surface area contributed by atoms with Crippen molar-refractivity contribution in [3.63, 3.8) is 0 Å². The van der Waals surface area contributed by atoms with Gasteiger partial charge in [0, 0.05) is 6.08 Å². The second-order valence-corrected chi connectivity index (χ2v) is 3.35. The fourth-order valence-corrected chi connectivity index (χ4v) is 1.38. The first-order chi connectivity index (χ1) is 6.15. The van der Waals surface area contributed by atoms with Crippen molar-refractivity contribution in [1.82, 2.24) is 0 Å². The highest BCUT2D eigenvalue weighted by molar-refractivity contribution is 6.49. The van der Waals surface area contributed by atoms with Crippen molar-refractivity contribution >= 4 is 16.6 Å². The number of nitriles is 1. The monoisotopic (exact) mass is 191 g/mol. The Morgan fingerprint density at radius 3 is 2.77 bits per heavy atom. The quantitative estimate of drug-likeness (QED) is 0.625. The third kappa shape index (κ3) is 2.34. The van der Waals surface area contributed by atoms with Gasteiger partial charge in [-0.05, 0) is 25.0 Å². The van der Waals surface area contributed by atoms with E-state index in [0.29, 0.717) is 5.03 Å². The lowest BCUT2D eigenvalue weighted by Gasteiger charge is -2.04. The summed E-state index contributed by atoms with van der Waals surface area (Å²) >= 11 is 5.92. The molecule has 0 saturated carbocycles. The van der Waals surface area contributed by atoms with Crippen LogP contribution in [0.4, 0.5) is 0 Å². The van der Waals surface area contributed by atoms with Crippen molar-refractivity contribution in [2.75, 3.05) is 0 Å². The van der Waals surface area contributed by atoms with Gasteiger partial charge >= 0.3 is 0 Å². The second kappa shape index (κ2) is 4.11. The van der Waals surface area contributed by atoms with E-state index in [4.69, 9.17) is 16.9 Å². The van der Waals surface area contributed by atoms with Crippen LogP contribution in [0.15, 0.2) is 24.3 Å². The molecule has 0 radical (unpaired) electrons. The van der Waals surface area contributed by atoms with Crippen molar-refractivity contribution in [1.29, 1.82) is 5.26 Å². The first-order valence-corrected chi connectivity index (χ1v) is 4.36. The summed E-state index contributed by atoms with van der Waals surface area (Å²) in [5.41, 5.74) is 3.16. The summed E-state index contributed by atoms with van der Waals surface area (Å²) in [7, 11) is 0. The predicted octanol–water partition coefficient (Wildman–Crippen LogP) is 3.41. The van der Waals surface area contributed by atoms with Gasteiger partial charge in [-0.15, -0.1) is 0 Å². The van der Waals surface area contributed by atoms with Gasteiger partial charge in [0.15, 0.2) is 0 Å². The summed E-state index contributed by atoms with van der Waals surface area (Å²) in [5.74, 6) is 0. The van der Waals surface area contributed by atoms with Crippen LogP contribution in [-0.2, 0) is 0 Å². The van der Waals surface area contributed by atoms with Gasteiger partial charge in [0.25, 0.3) is 0 Å². The first kappa shape index (κ1) is 9.83. The molecule has 0 atom stereocenters. The van der Waals surface area contributed by atoms with E-state index in [1.165, 1.54) is 6.08 Å². The Morgan fingerprint density at radius 1 is 1.46 bits per heavy atom. The molecule has 1 aromatic rings. The van der Waals surface area contributed by atoms with Gasteiger partial charge < -0.3 is 0 Å². The van der Waals surface area contributed by atoms with Crippen LogP contribution in [0.1, 0.15) is 16.7 Å². The van der Waals surface area contributed by atoms with E-state index >= 15 is 0 Å². The lowest BCUT2D eigenvalue weighted by atomic mass is 10.1. The summed E-state index contributed by atoms with van der Waals surface area (Å²) in [6, 6.07) is 7.92. The zero-order valence-electron chi connectivity index (χ0n) is 7.63. The summed E-state index contributed by atoms with van der Waals surface area (Å²) in [5, 5.41) is 8.95. The Morgan fingerprint density at radius 2 is 2.15 bits per heavy atom. The van der Waals surface area contributed by atoms with E-state index in [-0.39, 0.29) is 0 Å². The number of hydrogen-bond acceptors (Lipinski definition) is 1. The molecule has 0 fully saturated rings. The molecule has 66 valence electrons. The van der Waals surface area contributed by atoms with Crippen molar-refractivity contribution in [3.05, 3.63) is 41.0 Å². The van der Waals surface area contributed by atoms with Gasteiger partial charge in [0.1, 0.15) is 0 Å². The van der Waals surface area contributed by atoms with Crippen LogP contribution in [0.5, 0.6) is 0 Å². The second-order valence-electron chi connectivity index (χ2n) is 2.94. The fourth-order valence-electron chi connectivity index (χ4n) is 1.13. The van der Waals surface area contributed by atoms with Crippen LogP contribution in [-0.4, -0.2) is 0 Å². The molecular weight excluding hydrogens is 182 g/mol. The Hall–Kier alpha value is -1.26. The molecule has 0 aromatic heterocycles. The molecule has 1 rings (SSSR count). The highest BCUT2D eigenvalue weighted by atomic mass is 35.5. The topological polar surface area (TPSA) is 23.8 Å². The SMILES string of the molecule is Cc1ccc(C)c(/C(Cl)=C/C#N)c1. The minimum atomic E-state index is 0.503. The van der Waals surface area contributed by atoms with E-state index in [1.807, 2.05) is 38.1 Å². The van der Waals surface area contributed by atoms with Crippen molar-refractivity contribution < 1.29 is 0 Å². The van der Waals surface area contributed by atoms with Crippen molar-refractivity contribution in [2.45, 2.75) is 13.8 Å². The largest absolute Gasteiger partial charge is 0.193 e. The average molecular weight is 192 g/mol. The van der Waals surface area contributed by atoms with Crippen molar-refractivity contribution in [3.8, 4) is 6.07 Å². The molecule has 0 unspecified atom stereocenters. The Kier molecular flexibility index (Phi) is 3.11. The van der Waals surface area contributed by atoms with Gasteiger partial charge in [-0.1, -0.05) is 35.4 Å². The number of halogens is 1. The van der Waals surface area contributed by atoms with Crippen molar-refractivity contribution in [2.24, 2.45) is 0 Å². The molecule has 0 N–H and O–H groups in total.